The van der Waals surface area contributed by atoms with Crippen molar-refractivity contribution in [2.75, 3.05) is 13.1 Å². The van der Waals surface area contributed by atoms with Gasteiger partial charge in [0.15, 0.2) is 0 Å². The Hall–Kier alpha value is -1.64. The highest BCUT2D eigenvalue weighted by atomic mass is 14.9. The van der Waals surface area contributed by atoms with Gasteiger partial charge in [-0.25, -0.2) is 0 Å². The molecule has 1 atom stereocenters. The molecule has 3 N–H and O–H groups in total. The van der Waals surface area contributed by atoms with Crippen LogP contribution in [-0.4, -0.2) is 19.1 Å². The van der Waals surface area contributed by atoms with E-state index in [4.69, 9.17) is 5.73 Å². The predicted molar refractivity (Wildman–Crippen MR) is 130 cm³/mol. The lowest BCUT2D eigenvalue weighted by Crippen LogP contribution is -2.47. The van der Waals surface area contributed by atoms with Crippen molar-refractivity contribution in [2.24, 2.45) is 28.9 Å². The molecule has 6 rings (SSSR count). The van der Waals surface area contributed by atoms with Crippen LogP contribution in [0.2, 0.25) is 0 Å². The third kappa shape index (κ3) is 5.07. The van der Waals surface area contributed by atoms with Gasteiger partial charge in [-0.1, -0.05) is 60.7 Å². The van der Waals surface area contributed by atoms with Crippen molar-refractivity contribution >= 4 is 0 Å². The summed E-state index contributed by atoms with van der Waals surface area (Å²) in [5.74, 6) is 3.59. The highest BCUT2D eigenvalue weighted by Crippen LogP contribution is 2.61. The lowest BCUT2D eigenvalue weighted by Gasteiger charge is -2.57. The fraction of sp³-hybridized carbons (Fsp3) is 0.586. The maximum atomic E-state index is 6.58. The largest absolute Gasteiger partial charge is 0.327 e. The normalized spacial score (nSPS) is 30.1. The molecule has 4 saturated carbocycles. The zero-order chi connectivity index (χ0) is 21.1. The van der Waals surface area contributed by atoms with E-state index in [1.165, 1.54) is 62.5 Å². The van der Waals surface area contributed by atoms with Gasteiger partial charge in [-0.15, -0.1) is 0 Å². The van der Waals surface area contributed by atoms with Gasteiger partial charge in [0, 0.05) is 18.5 Å². The van der Waals surface area contributed by atoms with E-state index in [9.17, 15) is 0 Å². The van der Waals surface area contributed by atoms with Gasteiger partial charge in [-0.05, 0) is 98.6 Å². The molecule has 0 heterocycles. The van der Waals surface area contributed by atoms with Crippen molar-refractivity contribution in [3.05, 3.63) is 71.8 Å². The molecule has 4 bridgehead atoms. The Morgan fingerprint density at radius 2 is 1.29 bits per heavy atom. The first-order valence-corrected chi connectivity index (χ1v) is 12.8. The standard InChI is InChI=1S/C29H40N2/c30-27(11-13-29-18-22-15-23(19-29)17-24(16-22)20-29)21-31-14-12-28(25-7-3-1-4-8-25)26-9-5-2-6-10-26/h1-10,22-24,27-28,31H,11-21,30H2. The number of nitrogens with one attached hydrogen (secondary N) is 1. The van der Waals surface area contributed by atoms with Gasteiger partial charge >= 0.3 is 0 Å². The molecule has 4 aliphatic rings. The molecule has 0 aromatic heterocycles. The van der Waals surface area contributed by atoms with E-state index in [2.05, 4.69) is 66.0 Å². The molecule has 4 fully saturated rings. The molecule has 4 aliphatic carbocycles. The molecule has 1 unspecified atom stereocenters. The van der Waals surface area contributed by atoms with Crippen LogP contribution >= 0.6 is 0 Å². The van der Waals surface area contributed by atoms with Crippen molar-refractivity contribution in [2.45, 2.75) is 69.7 Å². The van der Waals surface area contributed by atoms with Crippen LogP contribution in [0.15, 0.2) is 60.7 Å². The molecule has 2 aromatic carbocycles. The second kappa shape index (κ2) is 9.46. The minimum Gasteiger partial charge on any atom is -0.327 e. The van der Waals surface area contributed by atoms with E-state index < -0.39 is 0 Å². The van der Waals surface area contributed by atoms with Crippen molar-refractivity contribution in [1.29, 1.82) is 0 Å². The number of hydrogen-bond acceptors (Lipinski definition) is 2. The molecule has 0 radical (unpaired) electrons. The minimum absolute atomic E-state index is 0.292. The van der Waals surface area contributed by atoms with Crippen molar-refractivity contribution in [1.82, 2.24) is 5.32 Å². The molecule has 0 saturated heterocycles. The number of nitrogens with two attached hydrogens (primary N) is 1. The van der Waals surface area contributed by atoms with E-state index in [-0.39, 0.29) is 0 Å². The zero-order valence-corrected chi connectivity index (χ0v) is 19.0. The Morgan fingerprint density at radius 1 is 0.774 bits per heavy atom. The van der Waals surface area contributed by atoms with Crippen LogP contribution in [0.5, 0.6) is 0 Å². The second-order valence-electron chi connectivity index (χ2n) is 11.1. The van der Waals surface area contributed by atoms with E-state index >= 15 is 0 Å². The summed E-state index contributed by atoms with van der Waals surface area (Å²) in [4.78, 5) is 0. The van der Waals surface area contributed by atoms with E-state index in [1.54, 1.807) is 0 Å². The summed E-state index contributed by atoms with van der Waals surface area (Å²) in [5.41, 5.74) is 10.1. The lowest BCUT2D eigenvalue weighted by atomic mass is 9.48. The first kappa shape index (κ1) is 21.2. The number of benzene rings is 2. The number of rotatable bonds is 10. The molecule has 2 aromatic rings. The number of hydrogen-bond donors (Lipinski definition) is 2. The fourth-order valence-electron chi connectivity index (χ4n) is 7.62. The Kier molecular flexibility index (Phi) is 6.48. The molecular formula is C29H40N2. The average Bonchev–Trinajstić information content (AvgIpc) is 2.78. The Labute approximate surface area is 189 Å². The van der Waals surface area contributed by atoms with Gasteiger partial charge in [-0.2, -0.15) is 0 Å². The maximum absolute atomic E-state index is 6.58. The minimum atomic E-state index is 0.292. The van der Waals surface area contributed by atoms with E-state index in [0.717, 1.165) is 37.3 Å². The third-order valence-corrected chi connectivity index (χ3v) is 8.63. The van der Waals surface area contributed by atoms with Gasteiger partial charge in [0.05, 0.1) is 0 Å². The van der Waals surface area contributed by atoms with Crippen LogP contribution in [0.4, 0.5) is 0 Å². The summed E-state index contributed by atoms with van der Waals surface area (Å²) in [6.45, 7) is 1.96. The quantitative estimate of drug-likeness (QED) is 0.458. The summed E-state index contributed by atoms with van der Waals surface area (Å²) in [5, 5.41) is 3.69. The molecule has 166 valence electrons. The van der Waals surface area contributed by atoms with Crippen LogP contribution in [-0.2, 0) is 0 Å². The fourth-order valence-corrected chi connectivity index (χ4v) is 7.62. The van der Waals surface area contributed by atoms with Crippen molar-refractivity contribution < 1.29 is 0 Å². The second-order valence-corrected chi connectivity index (χ2v) is 11.1. The highest BCUT2D eigenvalue weighted by Gasteiger charge is 2.50. The van der Waals surface area contributed by atoms with Gasteiger partial charge in [0.25, 0.3) is 0 Å². The van der Waals surface area contributed by atoms with Crippen molar-refractivity contribution in [3.8, 4) is 0 Å². The third-order valence-electron chi connectivity index (χ3n) is 8.63. The van der Waals surface area contributed by atoms with E-state index in [0.29, 0.717) is 17.4 Å². The van der Waals surface area contributed by atoms with Crippen LogP contribution in [0.25, 0.3) is 0 Å². The van der Waals surface area contributed by atoms with Gasteiger partial charge in [0.2, 0.25) is 0 Å². The predicted octanol–water partition coefficient (Wildman–Crippen LogP) is 6.12. The summed E-state index contributed by atoms with van der Waals surface area (Å²) >= 11 is 0. The molecule has 31 heavy (non-hydrogen) atoms. The lowest BCUT2D eigenvalue weighted by molar-refractivity contribution is -0.0588. The maximum Gasteiger partial charge on any atom is 0.0165 e. The molecule has 0 spiro atoms. The Balaban J connectivity index is 1.09. The SMILES string of the molecule is NC(CCC12CC3CC(CC(C3)C1)C2)CNCCC(c1ccccc1)c1ccccc1. The van der Waals surface area contributed by atoms with Crippen LogP contribution in [0.1, 0.15) is 74.8 Å². The average molecular weight is 417 g/mol. The zero-order valence-electron chi connectivity index (χ0n) is 19.0. The van der Waals surface area contributed by atoms with Crippen LogP contribution in [0.3, 0.4) is 0 Å². The van der Waals surface area contributed by atoms with Crippen LogP contribution in [0, 0.1) is 23.2 Å². The van der Waals surface area contributed by atoms with Gasteiger partial charge in [-0.3, -0.25) is 0 Å². The highest BCUT2D eigenvalue weighted by molar-refractivity contribution is 5.32. The van der Waals surface area contributed by atoms with Crippen molar-refractivity contribution in [3.63, 3.8) is 0 Å². The Bertz CT molecular complexity index is 740. The molecule has 2 heteroatoms. The smallest absolute Gasteiger partial charge is 0.0165 e. The van der Waals surface area contributed by atoms with Gasteiger partial charge in [0.1, 0.15) is 0 Å². The van der Waals surface area contributed by atoms with Crippen LogP contribution < -0.4 is 11.1 Å². The van der Waals surface area contributed by atoms with E-state index in [1.807, 2.05) is 0 Å². The monoisotopic (exact) mass is 416 g/mol. The first-order valence-electron chi connectivity index (χ1n) is 12.8. The molecule has 0 aliphatic heterocycles. The summed E-state index contributed by atoms with van der Waals surface area (Å²) in [7, 11) is 0. The Morgan fingerprint density at radius 3 is 1.81 bits per heavy atom. The summed E-state index contributed by atoms with van der Waals surface area (Å²) < 4.78 is 0. The van der Waals surface area contributed by atoms with Gasteiger partial charge < -0.3 is 11.1 Å². The summed E-state index contributed by atoms with van der Waals surface area (Å²) in [6, 6.07) is 22.1. The first-order chi connectivity index (χ1) is 15.2. The molecule has 2 nitrogen and oxygen atoms in total. The summed E-state index contributed by atoms with van der Waals surface area (Å²) in [6.07, 6.45) is 12.8. The molecular weight excluding hydrogens is 376 g/mol. The topological polar surface area (TPSA) is 38.0 Å². The molecule has 0 amide bonds.